The highest BCUT2D eigenvalue weighted by Crippen LogP contribution is 2.35. The van der Waals surface area contributed by atoms with E-state index in [4.69, 9.17) is 4.74 Å². The Bertz CT molecular complexity index is 733. The highest BCUT2D eigenvalue weighted by atomic mass is 32.2. The predicted molar refractivity (Wildman–Crippen MR) is 82.8 cm³/mol. The number of benzene rings is 1. The third-order valence-corrected chi connectivity index (χ3v) is 4.96. The van der Waals surface area contributed by atoms with Crippen molar-refractivity contribution in [3.63, 3.8) is 0 Å². The van der Waals surface area contributed by atoms with Crippen molar-refractivity contribution in [3.05, 3.63) is 24.3 Å². The van der Waals surface area contributed by atoms with Gasteiger partial charge in [-0.2, -0.15) is 0 Å². The molecule has 9 heteroatoms. The maximum absolute atomic E-state index is 12.0. The minimum absolute atomic E-state index is 0.00263. The summed E-state index contributed by atoms with van der Waals surface area (Å²) < 4.78 is 31.1. The molecule has 0 unspecified atom stereocenters. The molecule has 1 aromatic carbocycles. The van der Waals surface area contributed by atoms with Crippen LogP contribution in [0.15, 0.2) is 24.3 Å². The quantitative estimate of drug-likeness (QED) is 0.788. The zero-order chi connectivity index (χ0) is 16.6. The molecule has 1 aromatic rings. The molecule has 0 saturated carbocycles. The second-order valence-electron chi connectivity index (χ2n) is 5.49. The van der Waals surface area contributed by atoms with Gasteiger partial charge in [0.2, 0.25) is 15.9 Å². The van der Waals surface area contributed by atoms with Crippen molar-refractivity contribution in [3.8, 4) is 5.75 Å². The van der Waals surface area contributed by atoms with E-state index in [0.29, 0.717) is 17.9 Å². The number of ether oxygens (including phenoxy) is 1. The van der Waals surface area contributed by atoms with Crippen LogP contribution in [0, 0.1) is 0 Å². The highest BCUT2D eigenvalue weighted by molar-refractivity contribution is 7.92. The number of amides is 3. The first-order valence-electron chi connectivity index (χ1n) is 7.18. The molecule has 2 aliphatic rings. The fraction of sp³-hybridized carbons (Fsp3) is 0.429. The number of hydrogen-bond acceptors (Lipinski definition) is 5. The fourth-order valence-corrected chi connectivity index (χ4v) is 3.63. The largest absolute Gasteiger partial charge is 0.486 e. The van der Waals surface area contributed by atoms with E-state index in [9.17, 15) is 18.0 Å². The number of urea groups is 1. The Morgan fingerprint density at radius 2 is 2.04 bits per heavy atom. The monoisotopic (exact) mass is 339 g/mol. The number of nitrogens with zero attached hydrogens (tertiary/aromatic N) is 2. The number of para-hydroxylation sites is 2. The molecular weight excluding hydrogens is 322 g/mol. The predicted octanol–water partition coefficient (Wildman–Crippen LogP) is 0.155. The average Bonchev–Trinajstić information content (AvgIpc) is 2.82. The first-order valence-corrected chi connectivity index (χ1v) is 9.02. The lowest BCUT2D eigenvalue weighted by Gasteiger charge is -2.35. The topological polar surface area (TPSA) is 96.0 Å². The van der Waals surface area contributed by atoms with E-state index in [1.807, 2.05) is 0 Å². The molecule has 0 aromatic heterocycles. The maximum atomic E-state index is 12.0. The van der Waals surface area contributed by atoms with Crippen LogP contribution >= 0.6 is 0 Å². The first-order chi connectivity index (χ1) is 10.9. The molecule has 1 saturated heterocycles. The molecule has 2 aliphatic heterocycles. The minimum atomic E-state index is -3.44. The Hall–Kier alpha value is -2.29. The zero-order valence-electron chi connectivity index (χ0n) is 12.6. The smallest absolute Gasteiger partial charge is 0.324 e. The van der Waals surface area contributed by atoms with Crippen molar-refractivity contribution in [1.82, 2.24) is 10.2 Å². The number of rotatable bonds is 4. The van der Waals surface area contributed by atoms with Crippen molar-refractivity contribution in [2.24, 2.45) is 0 Å². The SMILES string of the molecule is CS(=O)(=O)N1C[C@H](CCN2C(=O)CNC2=O)Oc2ccccc21. The van der Waals surface area contributed by atoms with Gasteiger partial charge >= 0.3 is 6.03 Å². The summed E-state index contributed by atoms with van der Waals surface area (Å²) in [7, 11) is -3.44. The molecule has 124 valence electrons. The summed E-state index contributed by atoms with van der Waals surface area (Å²) in [6.45, 7) is 0.344. The molecule has 23 heavy (non-hydrogen) atoms. The molecule has 0 aliphatic carbocycles. The Morgan fingerprint density at radius 3 is 2.70 bits per heavy atom. The summed E-state index contributed by atoms with van der Waals surface area (Å²) in [6.07, 6.45) is 1.07. The lowest BCUT2D eigenvalue weighted by atomic mass is 10.2. The number of hydrogen-bond donors (Lipinski definition) is 1. The van der Waals surface area contributed by atoms with E-state index in [1.165, 1.54) is 4.31 Å². The summed E-state index contributed by atoms with van der Waals surface area (Å²) >= 11 is 0. The number of anilines is 1. The standard InChI is InChI=1S/C14H17N3O5S/c1-23(20,21)17-9-10(22-12-5-3-2-4-11(12)17)6-7-16-13(18)8-15-14(16)19/h2-5,10H,6-9H2,1H3,(H,15,19)/t10-/m0/s1. The number of sulfonamides is 1. The first kappa shape index (κ1) is 15.6. The van der Waals surface area contributed by atoms with E-state index in [-0.39, 0.29) is 25.5 Å². The zero-order valence-corrected chi connectivity index (χ0v) is 13.4. The molecule has 2 heterocycles. The van der Waals surface area contributed by atoms with Gasteiger partial charge in [0, 0.05) is 13.0 Å². The Morgan fingerprint density at radius 1 is 1.30 bits per heavy atom. The molecule has 0 bridgehead atoms. The van der Waals surface area contributed by atoms with Crippen LogP contribution in [-0.2, 0) is 14.8 Å². The molecule has 3 amide bonds. The van der Waals surface area contributed by atoms with Gasteiger partial charge in [-0.25, -0.2) is 13.2 Å². The van der Waals surface area contributed by atoms with Crippen LogP contribution in [0.3, 0.4) is 0 Å². The molecule has 1 fully saturated rings. The van der Waals surface area contributed by atoms with Gasteiger partial charge in [0.25, 0.3) is 0 Å². The van der Waals surface area contributed by atoms with Gasteiger partial charge in [0.15, 0.2) is 0 Å². The third kappa shape index (κ3) is 3.09. The third-order valence-electron chi connectivity index (χ3n) is 3.81. The van der Waals surface area contributed by atoms with Crippen molar-refractivity contribution in [1.29, 1.82) is 0 Å². The molecular formula is C14H17N3O5S. The van der Waals surface area contributed by atoms with Crippen LogP contribution in [0.1, 0.15) is 6.42 Å². The van der Waals surface area contributed by atoms with Crippen molar-refractivity contribution in [2.75, 3.05) is 30.2 Å². The highest BCUT2D eigenvalue weighted by Gasteiger charge is 2.33. The normalized spacial score (nSPS) is 21.0. The van der Waals surface area contributed by atoms with Crippen LogP contribution in [0.4, 0.5) is 10.5 Å². The minimum Gasteiger partial charge on any atom is -0.486 e. The molecule has 8 nitrogen and oxygen atoms in total. The summed E-state index contributed by atoms with van der Waals surface area (Å²) in [6, 6.07) is 6.47. The van der Waals surface area contributed by atoms with Crippen LogP contribution in [0.25, 0.3) is 0 Å². The second-order valence-corrected chi connectivity index (χ2v) is 7.40. The van der Waals surface area contributed by atoms with Gasteiger partial charge in [0.05, 0.1) is 25.0 Å². The Kier molecular flexibility index (Phi) is 3.88. The van der Waals surface area contributed by atoms with Crippen LogP contribution < -0.4 is 14.4 Å². The second kappa shape index (κ2) is 5.73. The summed E-state index contributed by atoms with van der Waals surface area (Å²) in [5.41, 5.74) is 0.501. The molecule has 1 N–H and O–H groups in total. The van der Waals surface area contributed by atoms with Crippen LogP contribution in [0.5, 0.6) is 5.75 Å². The van der Waals surface area contributed by atoms with Crippen molar-refractivity contribution in [2.45, 2.75) is 12.5 Å². The number of carbonyl (C=O) groups is 2. The lowest BCUT2D eigenvalue weighted by Crippen LogP contribution is -2.45. The molecule has 0 radical (unpaired) electrons. The summed E-state index contributed by atoms with van der Waals surface area (Å²) in [4.78, 5) is 24.2. The lowest BCUT2D eigenvalue weighted by molar-refractivity contribution is -0.125. The van der Waals surface area contributed by atoms with E-state index in [2.05, 4.69) is 5.32 Å². The van der Waals surface area contributed by atoms with Gasteiger partial charge in [-0.15, -0.1) is 0 Å². The maximum Gasteiger partial charge on any atom is 0.324 e. The molecule has 0 spiro atoms. The van der Waals surface area contributed by atoms with Crippen molar-refractivity contribution < 1.29 is 22.7 Å². The van der Waals surface area contributed by atoms with Gasteiger partial charge in [-0.1, -0.05) is 12.1 Å². The van der Waals surface area contributed by atoms with E-state index < -0.39 is 22.2 Å². The summed E-state index contributed by atoms with van der Waals surface area (Å²) in [5, 5.41) is 2.45. The van der Waals surface area contributed by atoms with Crippen LogP contribution in [-0.4, -0.2) is 57.3 Å². The number of fused-ring (bicyclic) bond motifs is 1. The number of nitrogens with one attached hydrogen (secondary N) is 1. The van der Waals surface area contributed by atoms with E-state index >= 15 is 0 Å². The molecule has 3 rings (SSSR count). The number of imide groups is 1. The summed E-state index contributed by atoms with van der Waals surface area (Å²) in [5.74, 6) is 0.192. The number of carbonyl (C=O) groups excluding carboxylic acids is 2. The van der Waals surface area contributed by atoms with Gasteiger partial charge in [0.1, 0.15) is 11.9 Å². The van der Waals surface area contributed by atoms with Gasteiger partial charge in [-0.3, -0.25) is 14.0 Å². The van der Waals surface area contributed by atoms with E-state index in [0.717, 1.165) is 11.2 Å². The molecule has 1 atom stereocenters. The van der Waals surface area contributed by atoms with E-state index in [1.54, 1.807) is 24.3 Å². The Balaban J connectivity index is 1.75. The fourth-order valence-electron chi connectivity index (χ4n) is 2.68. The van der Waals surface area contributed by atoms with Crippen LogP contribution in [0.2, 0.25) is 0 Å². The van der Waals surface area contributed by atoms with Gasteiger partial charge in [-0.05, 0) is 12.1 Å². The van der Waals surface area contributed by atoms with Crippen molar-refractivity contribution >= 4 is 27.6 Å². The average molecular weight is 339 g/mol. The van der Waals surface area contributed by atoms with Gasteiger partial charge < -0.3 is 10.1 Å². The Labute approximate surface area is 134 Å².